The molecule has 1 saturated carbocycles. The molecule has 82 valence electrons. The van der Waals surface area contributed by atoms with Gasteiger partial charge in [0.25, 0.3) is 0 Å². The fraction of sp³-hybridized carbons (Fsp3) is 0.583. The molecule has 1 N–H and O–H groups in total. The lowest BCUT2D eigenvalue weighted by atomic mass is 9.92. The van der Waals surface area contributed by atoms with Crippen LogP contribution in [0.5, 0.6) is 0 Å². The van der Waals surface area contributed by atoms with Gasteiger partial charge in [0.2, 0.25) is 0 Å². The first-order valence-corrected chi connectivity index (χ1v) is 5.86. The van der Waals surface area contributed by atoms with Gasteiger partial charge in [0, 0.05) is 18.4 Å². The molecule has 0 spiro atoms. The highest BCUT2D eigenvalue weighted by atomic mass is 35.5. The van der Waals surface area contributed by atoms with Gasteiger partial charge in [0.05, 0.1) is 0 Å². The third-order valence-electron chi connectivity index (χ3n) is 3.49. The largest absolute Gasteiger partial charge is 0.384 e. The van der Waals surface area contributed by atoms with Gasteiger partial charge in [0.1, 0.15) is 5.15 Å². The molecule has 0 aliphatic heterocycles. The van der Waals surface area contributed by atoms with Crippen molar-refractivity contribution < 1.29 is 0 Å². The zero-order valence-corrected chi connectivity index (χ0v) is 10.0. The summed E-state index contributed by atoms with van der Waals surface area (Å²) in [4.78, 5) is 3.96. The van der Waals surface area contributed by atoms with E-state index in [9.17, 15) is 0 Å². The van der Waals surface area contributed by atoms with Gasteiger partial charge in [0.15, 0.2) is 0 Å². The molecule has 0 amide bonds. The summed E-state index contributed by atoms with van der Waals surface area (Å²) in [6, 6.07) is 3.83. The first kappa shape index (κ1) is 10.7. The van der Waals surface area contributed by atoms with Crippen molar-refractivity contribution in [3.63, 3.8) is 0 Å². The van der Waals surface area contributed by atoms with Crippen molar-refractivity contribution in [3.8, 4) is 0 Å². The van der Waals surface area contributed by atoms with E-state index in [4.69, 9.17) is 11.6 Å². The van der Waals surface area contributed by atoms with Gasteiger partial charge in [-0.2, -0.15) is 0 Å². The highest BCUT2D eigenvalue weighted by Crippen LogP contribution is 2.51. The molecule has 1 aliphatic carbocycles. The smallest absolute Gasteiger partial charge is 0.131 e. The van der Waals surface area contributed by atoms with E-state index in [-0.39, 0.29) is 0 Å². The maximum absolute atomic E-state index is 5.82. The molecule has 1 fully saturated rings. The van der Waals surface area contributed by atoms with Crippen LogP contribution in [-0.2, 0) is 0 Å². The minimum Gasteiger partial charge on any atom is -0.384 e. The fourth-order valence-electron chi connectivity index (χ4n) is 1.91. The van der Waals surface area contributed by atoms with Crippen molar-refractivity contribution in [3.05, 3.63) is 23.5 Å². The van der Waals surface area contributed by atoms with Gasteiger partial charge in [-0.25, -0.2) is 4.98 Å². The highest BCUT2D eigenvalue weighted by Gasteiger charge is 2.44. The average Bonchev–Trinajstić information content (AvgIpc) is 2.96. The molecule has 3 heteroatoms. The summed E-state index contributed by atoms with van der Waals surface area (Å²) in [5, 5.41) is 4.00. The first-order valence-electron chi connectivity index (χ1n) is 5.48. The molecular formula is C12H17ClN2. The fourth-order valence-corrected chi connectivity index (χ4v) is 2.08. The average molecular weight is 225 g/mol. The van der Waals surface area contributed by atoms with Crippen molar-refractivity contribution in [2.24, 2.45) is 11.3 Å². The molecule has 15 heavy (non-hydrogen) atoms. The minimum absolute atomic E-state index is 0.524. The van der Waals surface area contributed by atoms with E-state index in [2.05, 4.69) is 24.1 Å². The van der Waals surface area contributed by atoms with Crippen LogP contribution in [0, 0.1) is 11.3 Å². The Balaban J connectivity index is 1.94. The Morgan fingerprint density at radius 3 is 2.80 bits per heavy atom. The van der Waals surface area contributed by atoms with Gasteiger partial charge >= 0.3 is 0 Å². The summed E-state index contributed by atoms with van der Waals surface area (Å²) in [6.45, 7) is 5.65. The Bertz CT molecular complexity index is 345. The Morgan fingerprint density at radius 1 is 1.53 bits per heavy atom. The predicted octanol–water partition coefficient (Wildman–Crippen LogP) is 3.58. The molecular weight excluding hydrogens is 208 g/mol. The van der Waals surface area contributed by atoms with Crippen molar-refractivity contribution in [2.75, 3.05) is 11.9 Å². The number of anilines is 1. The SMILES string of the molecule is CC(C)C1(CNc2ccnc(Cl)c2)CC1. The van der Waals surface area contributed by atoms with Crippen LogP contribution in [0.3, 0.4) is 0 Å². The van der Waals surface area contributed by atoms with Gasteiger partial charge in [-0.3, -0.25) is 0 Å². The van der Waals surface area contributed by atoms with Crippen LogP contribution in [0.1, 0.15) is 26.7 Å². The molecule has 1 aromatic rings. The molecule has 0 radical (unpaired) electrons. The normalized spacial score (nSPS) is 17.9. The number of pyridine rings is 1. The first-order chi connectivity index (χ1) is 7.12. The van der Waals surface area contributed by atoms with Gasteiger partial charge in [-0.1, -0.05) is 25.4 Å². The monoisotopic (exact) mass is 224 g/mol. The number of rotatable bonds is 4. The summed E-state index contributed by atoms with van der Waals surface area (Å²) in [7, 11) is 0. The molecule has 1 aromatic heterocycles. The topological polar surface area (TPSA) is 24.9 Å². The second-order valence-corrected chi connectivity index (χ2v) is 5.13. The Hall–Kier alpha value is -0.760. The third-order valence-corrected chi connectivity index (χ3v) is 3.69. The number of nitrogens with one attached hydrogen (secondary N) is 1. The van der Waals surface area contributed by atoms with E-state index in [1.165, 1.54) is 12.8 Å². The maximum Gasteiger partial charge on any atom is 0.131 e. The number of hydrogen-bond donors (Lipinski definition) is 1. The molecule has 1 heterocycles. The van der Waals surface area contributed by atoms with Crippen LogP contribution in [0.25, 0.3) is 0 Å². The standard InChI is InChI=1S/C12H17ClN2/c1-9(2)12(4-5-12)8-15-10-3-6-14-11(13)7-10/h3,6-7,9H,4-5,8H2,1-2H3,(H,14,15). The summed E-state index contributed by atoms with van der Waals surface area (Å²) in [5.74, 6) is 0.752. The summed E-state index contributed by atoms with van der Waals surface area (Å²) >= 11 is 5.82. The van der Waals surface area contributed by atoms with Crippen molar-refractivity contribution in [1.82, 2.24) is 4.98 Å². The minimum atomic E-state index is 0.524. The molecule has 1 aliphatic rings. The van der Waals surface area contributed by atoms with Gasteiger partial charge < -0.3 is 5.32 Å². The van der Waals surface area contributed by atoms with Crippen molar-refractivity contribution in [1.29, 1.82) is 0 Å². The Labute approximate surface area is 96.1 Å². The summed E-state index contributed by atoms with van der Waals surface area (Å²) in [6.07, 6.45) is 4.42. The van der Waals surface area contributed by atoms with Crippen molar-refractivity contribution in [2.45, 2.75) is 26.7 Å². The number of nitrogens with zero attached hydrogens (tertiary/aromatic N) is 1. The molecule has 2 nitrogen and oxygen atoms in total. The van der Waals surface area contributed by atoms with Crippen LogP contribution in [-0.4, -0.2) is 11.5 Å². The van der Waals surface area contributed by atoms with Gasteiger partial charge in [-0.15, -0.1) is 0 Å². The highest BCUT2D eigenvalue weighted by molar-refractivity contribution is 6.29. The molecule has 0 atom stereocenters. The van der Waals surface area contributed by atoms with E-state index in [1.54, 1.807) is 6.20 Å². The number of aromatic nitrogens is 1. The Kier molecular flexibility index (Phi) is 2.87. The van der Waals surface area contributed by atoms with E-state index in [1.807, 2.05) is 12.1 Å². The second-order valence-electron chi connectivity index (χ2n) is 4.74. The molecule has 0 unspecified atom stereocenters. The molecule has 0 aromatic carbocycles. The lowest BCUT2D eigenvalue weighted by molar-refractivity contribution is 0.380. The Morgan fingerprint density at radius 2 is 2.27 bits per heavy atom. The van der Waals surface area contributed by atoms with Crippen LogP contribution < -0.4 is 5.32 Å². The summed E-state index contributed by atoms with van der Waals surface area (Å²) < 4.78 is 0. The van der Waals surface area contributed by atoms with Crippen LogP contribution >= 0.6 is 11.6 Å². The lowest BCUT2D eigenvalue weighted by Crippen LogP contribution is -2.20. The maximum atomic E-state index is 5.82. The van der Waals surface area contributed by atoms with Crippen LogP contribution in [0.4, 0.5) is 5.69 Å². The van der Waals surface area contributed by atoms with E-state index < -0.39 is 0 Å². The van der Waals surface area contributed by atoms with Crippen LogP contribution in [0.2, 0.25) is 5.15 Å². The molecule has 0 saturated heterocycles. The molecule has 0 bridgehead atoms. The van der Waals surface area contributed by atoms with E-state index in [0.717, 1.165) is 18.2 Å². The third kappa shape index (κ3) is 2.43. The summed E-state index contributed by atoms with van der Waals surface area (Å²) in [5.41, 5.74) is 1.59. The quantitative estimate of drug-likeness (QED) is 0.791. The zero-order valence-electron chi connectivity index (χ0n) is 9.26. The van der Waals surface area contributed by atoms with Crippen molar-refractivity contribution >= 4 is 17.3 Å². The van der Waals surface area contributed by atoms with Crippen LogP contribution in [0.15, 0.2) is 18.3 Å². The predicted molar refractivity (Wildman–Crippen MR) is 64.2 cm³/mol. The number of hydrogen-bond acceptors (Lipinski definition) is 2. The van der Waals surface area contributed by atoms with E-state index in [0.29, 0.717) is 10.6 Å². The zero-order chi connectivity index (χ0) is 10.9. The molecule has 2 rings (SSSR count). The lowest BCUT2D eigenvalue weighted by Gasteiger charge is -2.20. The second kappa shape index (κ2) is 4.01. The number of halogens is 1. The van der Waals surface area contributed by atoms with E-state index >= 15 is 0 Å². The van der Waals surface area contributed by atoms with Gasteiger partial charge in [-0.05, 0) is 36.3 Å².